The molecule has 100 valence electrons. The predicted octanol–water partition coefficient (Wildman–Crippen LogP) is -2.30. The smallest absolute Gasteiger partial charge is 0.153 e. The highest BCUT2D eigenvalue weighted by molar-refractivity contribution is 5.46. The summed E-state index contributed by atoms with van der Waals surface area (Å²) in [4.78, 5) is 0. The minimum Gasteiger partial charge on any atom is -0.183 e. The Morgan fingerprint density at radius 1 is 1.28 bits per heavy atom. The second kappa shape index (κ2) is 6.07. The van der Waals surface area contributed by atoms with E-state index in [1.54, 1.807) is 0 Å². The topological polar surface area (TPSA) is 108 Å². The van der Waals surface area contributed by atoms with Crippen molar-refractivity contribution >= 4 is 5.69 Å². The van der Waals surface area contributed by atoms with E-state index in [2.05, 4.69) is 36.4 Å². The Labute approximate surface area is 107 Å². The Morgan fingerprint density at radius 3 is 2.17 bits per heavy atom. The summed E-state index contributed by atoms with van der Waals surface area (Å²) in [6.07, 6.45) is 0. The van der Waals surface area contributed by atoms with E-state index in [0.29, 0.717) is 0 Å². The first-order chi connectivity index (χ1) is 8.25. The van der Waals surface area contributed by atoms with Crippen LogP contribution in [0.2, 0.25) is 0 Å². The molecule has 1 heterocycles. The zero-order valence-electron chi connectivity index (χ0n) is 10.1. The summed E-state index contributed by atoms with van der Waals surface area (Å²) in [5, 5.41) is 6.38. The maximum atomic E-state index is 8.60. The standard InChI is InChI=1S/C10H14N3.ClHO4/c1-9-3-5-10(6-4-9)13-8-7-12(2)11-13;2-1(3,4)5/h3-6H,7-8H2,1-2H3;(H,2,3,4,5)/q+1;. The van der Waals surface area contributed by atoms with Gasteiger partial charge in [0.2, 0.25) is 0 Å². The lowest BCUT2D eigenvalue weighted by atomic mass is 10.2. The van der Waals surface area contributed by atoms with Crippen molar-refractivity contribution in [3.63, 3.8) is 0 Å². The molecule has 8 heteroatoms. The summed E-state index contributed by atoms with van der Waals surface area (Å²) in [6.45, 7) is 4.09. The van der Waals surface area contributed by atoms with Crippen LogP contribution < -0.4 is 19.0 Å². The van der Waals surface area contributed by atoms with E-state index in [0.717, 1.165) is 13.1 Å². The van der Waals surface area contributed by atoms with Crippen LogP contribution in [0.1, 0.15) is 5.56 Å². The van der Waals surface area contributed by atoms with Gasteiger partial charge >= 0.3 is 0 Å². The molecular formula is C10H15ClN3O4+. The average molecular weight is 277 g/mol. The van der Waals surface area contributed by atoms with Crippen LogP contribution in [0, 0.1) is 17.2 Å². The van der Waals surface area contributed by atoms with Crippen LogP contribution in [0.4, 0.5) is 5.69 Å². The number of benzene rings is 1. The van der Waals surface area contributed by atoms with Crippen molar-refractivity contribution in [2.75, 3.05) is 25.1 Å². The van der Waals surface area contributed by atoms with Crippen molar-refractivity contribution in [1.29, 1.82) is 0 Å². The van der Waals surface area contributed by atoms with E-state index in [1.165, 1.54) is 11.3 Å². The number of hydrogen-bond acceptors (Lipinski definition) is 6. The molecule has 0 unspecified atom stereocenters. The van der Waals surface area contributed by atoms with E-state index in [4.69, 9.17) is 18.6 Å². The molecule has 18 heavy (non-hydrogen) atoms. The summed E-state index contributed by atoms with van der Waals surface area (Å²) < 4.78 is 34.7. The Morgan fingerprint density at radius 2 is 1.78 bits per heavy atom. The first kappa shape index (κ1) is 14.8. The van der Waals surface area contributed by atoms with Gasteiger partial charge in [-0.15, -0.1) is 5.01 Å². The average Bonchev–Trinajstić information content (AvgIpc) is 2.63. The normalized spacial score (nSPS) is 15.0. The third-order valence-corrected chi connectivity index (χ3v) is 2.23. The number of anilines is 1. The first-order valence-corrected chi connectivity index (χ1v) is 6.42. The van der Waals surface area contributed by atoms with Crippen LogP contribution in [0.5, 0.6) is 0 Å². The number of nitrogens with zero attached hydrogens (tertiary/aromatic N) is 3. The van der Waals surface area contributed by atoms with Crippen LogP contribution >= 0.6 is 0 Å². The molecule has 0 fully saturated rings. The molecule has 1 aliphatic rings. The van der Waals surface area contributed by atoms with E-state index in [1.807, 2.05) is 16.8 Å². The second-order valence-corrected chi connectivity index (χ2v) is 4.62. The molecule has 1 aromatic carbocycles. The Balaban J connectivity index is 0.000000280. The Bertz CT molecular complexity index is 410. The van der Waals surface area contributed by atoms with Gasteiger partial charge in [0.05, 0.1) is 27.2 Å². The van der Waals surface area contributed by atoms with Crippen LogP contribution in [0.3, 0.4) is 0 Å². The molecule has 0 radical (unpaired) electrons. The lowest BCUT2D eigenvalue weighted by molar-refractivity contribution is -1.92. The number of aryl methyl sites for hydroxylation is 1. The van der Waals surface area contributed by atoms with Crippen molar-refractivity contribution < 1.29 is 33.6 Å². The fourth-order valence-corrected chi connectivity index (χ4v) is 1.41. The lowest BCUT2D eigenvalue weighted by Crippen LogP contribution is -2.58. The highest BCUT2D eigenvalue weighted by Crippen LogP contribution is 2.17. The van der Waals surface area contributed by atoms with Gasteiger partial charge in [-0.25, -0.2) is 0 Å². The van der Waals surface area contributed by atoms with E-state index >= 15 is 0 Å². The summed E-state index contributed by atoms with van der Waals surface area (Å²) in [6, 6.07) is 8.45. The van der Waals surface area contributed by atoms with Gasteiger partial charge in [0, 0.05) is 0 Å². The van der Waals surface area contributed by atoms with Crippen LogP contribution in [-0.4, -0.2) is 29.5 Å². The minimum absolute atomic E-state index is 0.986. The maximum Gasteiger partial charge on any atom is 0.153 e. The molecule has 0 saturated heterocycles. The monoisotopic (exact) mass is 276 g/mol. The second-order valence-electron chi connectivity index (χ2n) is 3.83. The molecule has 0 bridgehead atoms. The van der Waals surface area contributed by atoms with Crippen molar-refractivity contribution in [3.05, 3.63) is 29.8 Å². The third kappa shape index (κ3) is 5.89. The molecule has 0 atom stereocenters. The molecule has 0 saturated carbocycles. The SMILES string of the molecule is Cc1ccc(N2CC[N+](C)=N2)cc1.[O-][Cl+3]([O-])([O-])O. The van der Waals surface area contributed by atoms with Crippen molar-refractivity contribution in [2.45, 2.75) is 6.92 Å². The predicted molar refractivity (Wildman–Crippen MR) is 54.2 cm³/mol. The minimum atomic E-state index is -4.69. The molecule has 0 amide bonds. The maximum absolute atomic E-state index is 8.60. The van der Waals surface area contributed by atoms with Gasteiger partial charge in [0.1, 0.15) is 12.2 Å². The first-order valence-electron chi connectivity index (χ1n) is 5.16. The summed E-state index contributed by atoms with van der Waals surface area (Å²) in [7, 11) is -2.70. The molecule has 1 aliphatic heterocycles. The van der Waals surface area contributed by atoms with Gasteiger partial charge in [-0.3, -0.25) is 0 Å². The summed E-state index contributed by atoms with van der Waals surface area (Å²) >= 11 is 0. The molecule has 1 aromatic rings. The Hall–Kier alpha value is -1.25. The highest BCUT2D eigenvalue weighted by atomic mass is 35.7. The van der Waals surface area contributed by atoms with Crippen LogP contribution in [-0.2, 0) is 0 Å². The molecule has 1 N–H and O–H groups in total. The lowest BCUT2D eigenvalue weighted by Gasteiger charge is -2.03. The van der Waals surface area contributed by atoms with E-state index in [-0.39, 0.29) is 0 Å². The van der Waals surface area contributed by atoms with Gasteiger partial charge < -0.3 is 0 Å². The summed E-state index contributed by atoms with van der Waals surface area (Å²) in [5.74, 6) is 0. The highest BCUT2D eigenvalue weighted by Gasteiger charge is 2.20. The zero-order chi connectivity index (χ0) is 13.8. The van der Waals surface area contributed by atoms with Gasteiger partial charge in [-0.05, 0) is 19.1 Å². The van der Waals surface area contributed by atoms with Crippen molar-refractivity contribution in [3.8, 4) is 0 Å². The quantitative estimate of drug-likeness (QED) is 0.580. The van der Waals surface area contributed by atoms with E-state index in [9.17, 15) is 0 Å². The van der Waals surface area contributed by atoms with Crippen LogP contribution in [0.15, 0.2) is 29.5 Å². The Kier molecular flexibility index (Phi) is 5.00. The van der Waals surface area contributed by atoms with Gasteiger partial charge in [-0.2, -0.15) is 18.7 Å². The fraction of sp³-hybridized carbons (Fsp3) is 0.400. The van der Waals surface area contributed by atoms with E-state index < -0.39 is 10.2 Å². The van der Waals surface area contributed by atoms with Crippen molar-refractivity contribution in [2.24, 2.45) is 5.22 Å². The molecule has 0 spiro atoms. The molecule has 7 nitrogen and oxygen atoms in total. The summed E-state index contributed by atoms with van der Waals surface area (Å²) in [5.41, 5.74) is 2.46. The molecule has 0 aliphatic carbocycles. The third-order valence-electron chi connectivity index (χ3n) is 2.23. The number of likely N-dealkylation sites (N-methyl/N-ethyl adjacent to an activating group) is 1. The van der Waals surface area contributed by atoms with Gasteiger partial charge in [-0.1, -0.05) is 17.7 Å². The zero-order valence-corrected chi connectivity index (χ0v) is 10.9. The van der Waals surface area contributed by atoms with Gasteiger partial charge in [0.15, 0.2) is 6.54 Å². The van der Waals surface area contributed by atoms with Crippen LogP contribution in [0.25, 0.3) is 0 Å². The molecular weight excluding hydrogens is 262 g/mol. The number of halogens is 1. The molecule has 0 aromatic heterocycles. The number of rotatable bonds is 1. The van der Waals surface area contributed by atoms with Gasteiger partial charge in [0.25, 0.3) is 0 Å². The fourth-order valence-electron chi connectivity index (χ4n) is 1.41. The molecule has 2 rings (SSSR count). The van der Waals surface area contributed by atoms with Crippen molar-refractivity contribution in [1.82, 2.24) is 0 Å². The largest absolute Gasteiger partial charge is 0.183 e. The number of hydrogen-bond donors (Lipinski definition) is 1.